The number of hydrogen-bond donors (Lipinski definition) is 1. The summed E-state index contributed by atoms with van der Waals surface area (Å²) in [6.07, 6.45) is -0.665. The zero-order valence-corrected chi connectivity index (χ0v) is 14.0. The maximum Gasteiger partial charge on any atom is 0.315 e. The minimum atomic E-state index is -1.12. The molecule has 1 aliphatic carbocycles. The highest BCUT2D eigenvalue weighted by molar-refractivity contribution is 6.53. The molecule has 0 aromatic heterocycles. The average Bonchev–Trinajstić information content (AvgIpc) is 2.99. The van der Waals surface area contributed by atoms with Gasteiger partial charge in [-0.2, -0.15) is 0 Å². The van der Waals surface area contributed by atoms with Crippen molar-refractivity contribution in [2.75, 3.05) is 12.4 Å². The van der Waals surface area contributed by atoms with Crippen LogP contribution in [0, 0.1) is 5.41 Å². The first-order valence-electron chi connectivity index (χ1n) is 6.74. The fourth-order valence-corrected chi connectivity index (χ4v) is 2.64. The molecule has 2 rings (SSSR count). The third-order valence-electron chi connectivity index (χ3n) is 3.73. The Labute approximate surface area is 138 Å². The van der Waals surface area contributed by atoms with E-state index in [9.17, 15) is 9.59 Å². The van der Waals surface area contributed by atoms with Crippen molar-refractivity contribution in [1.82, 2.24) is 0 Å². The molecule has 1 fully saturated rings. The number of hydrogen-bond acceptors (Lipinski definition) is 4. The van der Waals surface area contributed by atoms with Gasteiger partial charge in [0.25, 0.3) is 5.91 Å². The lowest BCUT2D eigenvalue weighted by molar-refractivity contribution is -0.158. The van der Waals surface area contributed by atoms with E-state index in [0.29, 0.717) is 17.9 Å². The number of alkyl halides is 2. The number of ether oxygens (including phenoxy) is 2. The van der Waals surface area contributed by atoms with Crippen molar-refractivity contribution in [2.45, 2.75) is 30.7 Å². The number of nitrogens with one attached hydrogen (secondary N) is 1. The first-order valence-corrected chi connectivity index (χ1v) is 7.49. The molecule has 0 unspecified atom stereocenters. The van der Waals surface area contributed by atoms with Crippen LogP contribution in [0.5, 0.6) is 5.75 Å². The molecule has 0 saturated heterocycles. The smallest absolute Gasteiger partial charge is 0.315 e. The first kappa shape index (κ1) is 16.9. The maximum absolute atomic E-state index is 12.1. The van der Waals surface area contributed by atoms with Crippen LogP contribution in [0.1, 0.15) is 20.3 Å². The lowest BCUT2D eigenvalue weighted by Crippen LogP contribution is -2.33. The molecule has 120 valence electrons. The summed E-state index contributed by atoms with van der Waals surface area (Å²) in [5.74, 6) is -0.527. The number of esters is 1. The standard InChI is InChI=1S/C15H17Cl2NO4/c1-9(22-13(20)14(2)8-15(14,16)17)12(19)18-10-6-4-5-7-11(10)21-3/h4-7,9H,8H2,1-3H3,(H,18,19)/t9-,14+/m1/s1. The largest absolute Gasteiger partial charge is 0.495 e. The summed E-state index contributed by atoms with van der Waals surface area (Å²) in [5, 5.41) is 2.65. The second kappa shape index (κ2) is 5.97. The van der Waals surface area contributed by atoms with Gasteiger partial charge in [-0.1, -0.05) is 12.1 Å². The fraction of sp³-hybridized carbons (Fsp3) is 0.467. The van der Waals surface area contributed by atoms with Crippen molar-refractivity contribution in [2.24, 2.45) is 5.41 Å². The summed E-state index contributed by atoms with van der Waals surface area (Å²) in [7, 11) is 1.50. The molecule has 0 spiro atoms. The molecule has 0 aliphatic heterocycles. The SMILES string of the molecule is COc1ccccc1NC(=O)[C@@H](C)OC(=O)[C@]1(C)CC1(Cl)Cl. The summed E-state index contributed by atoms with van der Waals surface area (Å²) < 4.78 is 9.18. The molecule has 7 heteroatoms. The topological polar surface area (TPSA) is 64.6 Å². The Morgan fingerprint density at radius 2 is 1.91 bits per heavy atom. The molecule has 0 heterocycles. The van der Waals surface area contributed by atoms with Gasteiger partial charge in [-0.3, -0.25) is 9.59 Å². The minimum Gasteiger partial charge on any atom is -0.495 e. The van der Waals surface area contributed by atoms with Gasteiger partial charge in [-0.15, -0.1) is 23.2 Å². The van der Waals surface area contributed by atoms with Crippen LogP contribution < -0.4 is 10.1 Å². The molecule has 1 amide bonds. The highest BCUT2D eigenvalue weighted by Gasteiger charge is 2.69. The Morgan fingerprint density at radius 3 is 2.45 bits per heavy atom. The number of carbonyl (C=O) groups excluding carboxylic acids is 2. The van der Waals surface area contributed by atoms with Crippen LogP contribution >= 0.6 is 23.2 Å². The van der Waals surface area contributed by atoms with Crippen molar-refractivity contribution in [3.63, 3.8) is 0 Å². The lowest BCUT2D eigenvalue weighted by atomic mass is 10.1. The maximum atomic E-state index is 12.1. The van der Waals surface area contributed by atoms with Gasteiger partial charge >= 0.3 is 5.97 Å². The van der Waals surface area contributed by atoms with Crippen LogP contribution in [0.4, 0.5) is 5.69 Å². The Hall–Kier alpha value is -1.46. The highest BCUT2D eigenvalue weighted by Crippen LogP contribution is 2.64. The summed E-state index contributed by atoms with van der Waals surface area (Å²) in [5.41, 5.74) is -0.464. The van der Waals surface area contributed by atoms with Gasteiger partial charge in [-0.25, -0.2) is 0 Å². The molecule has 1 saturated carbocycles. The van der Waals surface area contributed by atoms with E-state index in [1.165, 1.54) is 14.0 Å². The summed E-state index contributed by atoms with van der Waals surface area (Å²) in [6.45, 7) is 3.10. The Morgan fingerprint density at radius 1 is 1.32 bits per heavy atom. The number of para-hydroxylation sites is 2. The van der Waals surface area contributed by atoms with E-state index in [0.717, 1.165) is 0 Å². The Kier molecular flexibility index (Phi) is 4.59. The first-order chi connectivity index (χ1) is 10.2. The molecule has 1 aromatic carbocycles. The van der Waals surface area contributed by atoms with E-state index in [1.54, 1.807) is 31.2 Å². The van der Waals surface area contributed by atoms with Crippen LogP contribution in [-0.2, 0) is 14.3 Å². The van der Waals surface area contributed by atoms with Crippen molar-refractivity contribution in [3.8, 4) is 5.75 Å². The zero-order valence-electron chi connectivity index (χ0n) is 12.5. The van der Waals surface area contributed by atoms with E-state index in [4.69, 9.17) is 32.7 Å². The number of rotatable bonds is 5. The lowest BCUT2D eigenvalue weighted by Gasteiger charge is -2.18. The molecule has 2 atom stereocenters. The molecule has 22 heavy (non-hydrogen) atoms. The Balaban J connectivity index is 1.97. The summed E-state index contributed by atoms with van der Waals surface area (Å²) >= 11 is 11.8. The molecular weight excluding hydrogens is 329 g/mol. The molecule has 0 radical (unpaired) electrons. The van der Waals surface area contributed by atoms with Crippen LogP contribution in [0.15, 0.2) is 24.3 Å². The van der Waals surface area contributed by atoms with Crippen molar-refractivity contribution < 1.29 is 19.1 Å². The number of carbonyl (C=O) groups is 2. The number of halogens is 2. The molecule has 1 aromatic rings. The number of amides is 1. The van der Waals surface area contributed by atoms with Crippen LogP contribution in [0.25, 0.3) is 0 Å². The predicted molar refractivity (Wildman–Crippen MR) is 84.3 cm³/mol. The van der Waals surface area contributed by atoms with Gasteiger partial charge in [0.15, 0.2) is 6.10 Å². The van der Waals surface area contributed by atoms with Crippen LogP contribution in [0.2, 0.25) is 0 Å². The van der Waals surface area contributed by atoms with Gasteiger partial charge < -0.3 is 14.8 Å². The minimum absolute atomic E-state index is 0.308. The normalized spacial score (nSPS) is 23.3. The predicted octanol–water partition coefficient (Wildman–Crippen LogP) is 3.15. The molecule has 1 N–H and O–H groups in total. The highest BCUT2D eigenvalue weighted by atomic mass is 35.5. The van der Waals surface area contributed by atoms with Crippen LogP contribution in [0.3, 0.4) is 0 Å². The van der Waals surface area contributed by atoms with Gasteiger partial charge in [0.2, 0.25) is 0 Å². The van der Waals surface area contributed by atoms with E-state index < -0.39 is 27.7 Å². The number of benzene rings is 1. The monoisotopic (exact) mass is 345 g/mol. The number of methoxy groups -OCH3 is 1. The van der Waals surface area contributed by atoms with E-state index in [1.807, 2.05) is 0 Å². The van der Waals surface area contributed by atoms with E-state index >= 15 is 0 Å². The molecule has 1 aliphatic rings. The van der Waals surface area contributed by atoms with E-state index in [2.05, 4.69) is 5.32 Å². The third kappa shape index (κ3) is 3.15. The summed E-state index contributed by atoms with van der Waals surface area (Å²) in [6, 6.07) is 6.95. The molecule has 5 nitrogen and oxygen atoms in total. The van der Waals surface area contributed by atoms with Crippen molar-refractivity contribution in [3.05, 3.63) is 24.3 Å². The quantitative estimate of drug-likeness (QED) is 0.657. The zero-order chi connectivity index (χ0) is 16.5. The van der Waals surface area contributed by atoms with Crippen molar-refractivity contribution in [1.29, 1.82) is 0 Å². The van der Waals surface area contributed by atoms with Gasteiger partial charge in [0, 0.05) is 6.42 Å². The second-order valence-electron chi connectivity index (χ2n) is 5.45. The van der Waals surface area contributed by atoms with Gasteiger partial charge in [0.1, 0.15) is 15.5 Å². The van der Waals surface area contributed by atoms with Crippen LogP contribution in [-0.4, -0.2) is 29.4 Å². The average molecular weight is 346 g/mol. The third-order valence-corrected chi connectivity index (χ3v) is 4.83. The summed E-state index contributed by atoms with van der Waals surface area (Å²) in [4.78, 5) is 24.2. The second-order valence-corrected chi connectivity index (χ2v) is 6.93. The molecular formula is C15H17Cl2NO4. The fourth-order valence-electron chi connectivity index (χ4n) is 1.95. The van der Waals surface area contributed by atoms with Gasteiger partial charge in [0.05, 0.1) is 12.8 Å². The van der Waals surface area contributed by atoms with E-state index in [-0.39, 0.29) is 0 Å². The van der Waals surface area contributed by atoms with Crippen molar-refractivity contribution >= 4 is 40.8 Å². The Bertz CT molecular complexity index is 605. The van der Waals surface area contributed by atoms with Gasteiger partial charge in [-0.05, 0) is 26.0 Å². The number of anilines is 1. The molecule has 0 bridgehead atoms.